The average Bonchev–Trinajstić information content (AvgIpc) is 3.54. The molecule has 0 spiro atoms. The van der Waals surface area contributed by atoms with Gasteiger partial charge in [-0.15, -0.1) is 0 Å². The van der Waals surface area contributed by atoms with Crippen LogP contribution in [-0.2, 0) is 15.6 Å². The van der Waals surface area contributed by atoms with Gasteiger partial charge in [-0.2, -0.15) is 0 Å². The summed E-state index contributed by atoms with van der Waals surface area (Å²) < 4.78 is 0.177. The summed E-state index contributed by atoms with van der Waals surface area (Å²) in [5, 5.41) is 0. The molecule has 0 bridgehead atoms. The molecule has 0 saturated heterocycles. The molecule has 2 atom stereocenters. The second-order valence-electron chi connectivity index (χ2n) is 14.6. The second kappa shape index (κ2) is 11.6. The van der Waals surface area contributed by atoms with Crippen molar-refractivity contribution < 1.29 is 15.6 Å². The van der Waals surface area contributed by atoms with Crippen molar-refractivity contribution in [3.8, 4) is 22.3 Å². The van der Waals surface area contributed by atoms with Gasteiger partial charge >= 0.3 is 283 Å². The molecule has 233 valence electrons. The van der Waals surface area contributed by atoms with Crippen LogP contribution in [0.2, 0.25) is 13.1 Å². The normalized spacial score (nSPS) is 18.5. The van der Waals surface area contributed by atoms with E-state index in [1.165, 1.54) is 83.5 Å². The molecule has 0 amide bonds. The van der Waals surface area contributed by atoms with Gasteiger partial charge in [0.05, 0.1) is 0 Å². The van der Waals surface area contributed by atoms with Crippen molar-refractivity contribution in [3.63, 3.8) is 0 Å². The van der Waals surface area contributed by atoms with E-state index < -0.39 is 21.5 Å². The van der Waals surface area contributed by atoms with Gasteiger partial charge in [-0.3, -0.25) is 0 Å². The van der Waals surface area contributed by atoms with Gasteiger partial charge in [-0.05, 0) is 0 Å². The van der Waals surface area contributed by atoms with Crippen LogP contribution in [0, 0.1) is 40.5 Å². The Morgan fingerprint density at radius 3 is 1.71 bits per heavy atom. The van der Waals surface area contributed by atoms with E-state index in [0.29, 0.717) is 5.92 Å². The van der Waals surface area contributed by atoms with Crippen molar-refractivity contribution in [1.82, 2.24) is 0 Å². The first-order chi connectivity index (χ1) is 21.1. The van der Waals surface area contributed by atoms with Crippen molar-refractivity contribution in [2.45, 2.75) is 75.7 Å². The molecule has 45 heavy (non-hydrogen) atoms. The van der Waals surface area contributed by atoms with Crippen molar-refractivity contribution >= 4 is 35.1 Å². The van der Waals surface area contributed by atoms with E-state index in [4.69, 9.17) is 17.0 Å². The van der Waals surface area contributed by atoms with Crippen LogP contribution < -0.4 is 0 Å². The minimum absolute atomic E-state index is 0.0880. The summed E-state index contributed by atoms with van der Waals surface area (Å²) in [7, 11) is 17.3. The standard InChI is InChI=1S/C20H21.C19H19.C2H7Si.2ClH.Zr/c1-13(2)17-11-16-6-5-7-19(20(16)12-17)18-9-8-14(3)10-15(18)4;1-12-5-7-16(15(4)9-12)17-8-6-14(3)18-10-13(2)11-19(17)18;1-3-2;;;/h5-13H,1-4H3;5-11H,1-4H3;3H,1-2H3;2*1H;/q;;;;;+2/p-2. The zero-order chi connectivity index (χ0) is 32.6. The molecule has 0 aromatic heterocycles. The van der Waals surface area contributed by atoms with Gasteiger partial charge in [0.1, 0.15) is 0 Å². The van der Waals surface area contributed by atoms with Gasteiger partial charge < -0.3 is 0 Å². The van der Waals surface area contributed by atoms with Crippen LogP contribution >= 0.6 is 17.0 Å². The van der Waals surface area contributed by atoms with E-state index in [9.17, 15) is 0 Å². The van der Waals surface area contributed by atoms with Gasteiger partial charge in [0.2, 0.25) is 0 Å². The summed E-state index contributed by atoms with van der Waals surface area (Å²) in [4.78, 5) is 0. The number of allylic oxidation sites excluding steroid dienone is 2. The maximum absolute atomic E-state index is 8.66. The van der Waals surface area contributed by atoms with Crippen LogP contribution in [0.15, 0.2) is 77.9 Å². The molecule has 0 heterocycles. The van der Waals surface area contributed by atoms with Crippen LogP contribution in [0.25, 0.3) is 34.4 Å². The molecule has 0 aliphatic heterocycles. The number of benzene rings is 4. The number of rotatable bonds is 6. The zero-order valence-corrected chi connectivity index (χ0v) is 33.7. The number of hydrogen-bond acceptors (Lipinski definition) is 0. The third kappa shape index (κ3) is 5.09. The Kier molecular flexibility index (Phi) is 8.52. The number of hydrogen-bond donors (Lipinski definition) is 0. The predicted molar refractivity (Wildman–Crippen MR) is 200 cm³/mol. The van der Waals surface area contributed by atoms with Gasteiger partial charge in [0.25, 0.3) is 0 Å². The monoisotopic (exact) mass is 727 g/mol. The Hall–Kier alpha value is -1.96. The molecule has 2 aliphatic carbocycles. The van der Waals surface area contributed by atoms with E-state index in [1.807, 2.05) is 0 Å². The van der Waals surface area contributed by atoms with Gasteiger partial charge in [0, 0.05) is 0 Å². The molecule has 2 unspecified atom stereocenters. The average molecular weight is 730 g/mol. The summed E-state index contributed by atoms with van der Waals surface area (Å²) >= 11 is -4.83. The van der Waals surface area contributed by atoms with Crippen molar-refractivity contribution in [2.24, 2.45) is 5.92 Å². The predicted octanol–water partition coefficient (Wildman–Crippen LogP) is 12.8. The first-order valence-corrected chi connectivity index (χ1v) is 32.8. The van der Waals surface area contributed by atoms with Crippen molar-refractivity contribution in [3.05, 3.63) is 128 Å². The number of fused-ring (bicyclic) bond motifs is 2. The Morgan fingerprint density at radius 1 is 0.622 bits per heavy atom. The van der Waals surface area contributed by atoms with E-state index in [1.54, 1.807) is 0 Å². The fourth-order valence-corrected chi connectivity index (χ4v) is 40.9. The van der Waals surface area contributed by atoms with Crippen LogP contribution in [-0.4, -0.2) is 5.92 Å². The quantitative estimate of drug-likeness (QED) is 0.173. The first-order valence-electron chi connectivity index (χ1n) is 16.5. The molecule has 0 radical (unpaired) electrons. The van der Waals surface area contributed by atoms with E-state index in [0.717, 1.165) is 0 Å². The molecule has 0 N–H and O–H groups in total. The molecule has 4 heteroatoms. The van der Waals surface area contributed by atoms with Crippen LogP contribution in [0.3, 0.4) is 0 Å². The molecular weight excluding hydrogens is 683 g/mol. The maximum atomic E-state index is 8.66. The Labute approximate surface area is 280 Å². The van der Waals surface area contributed by atoms with Gasteiger partial charge in [-0.1, -0.05) is 0 Å². The second-order valence-corrected chi connectivity index (χ2v) is 57.1. The summed E-state index contributed by atoms with van der Waals surface area (Å²) in [6, 6.07) is 25.2. The summed E-state index contributed by atoms with van der Waals surface area (Å²) in [5.74, 6) is -1.28. The molecule has 6 rings (SSSR count). The van der Waals surface area contributed by atoms with E-state index in [-0.39, 0.29) is 7.25 Å². The molecule has 4 aromatic carbocycles. The minimum atomic E-state index is -4.83. The molecule has 0 fully saturated rings. The van der Waals surface area contributed by atoms with Crippen LogP contribution in [0.5, 0.6) is 0 Å². The third-order valence-electron chi connectivity index (χ3n) is 10.9. The molecule has 4 aromatic rings. The Bertz CT molecular complexity index is 1930. The van der Waals surface area contributed by atoms with Crippen LogP contribution in [0.4, 0.5) is 0 Å². The number of halogens is 2. The fourth-order valence-electron chi connectivity index (χ4n) is 8.61. The molecule has 0 saturated carbocycles. The Balaban J connectivity index is 1.61. The Morgan fingerprint density at radius 2 is 1.18 bits per heavy atom. The zero-order valence-electron chi connectivity index (χ0n) is 28.6. The van der Waals surface area contributed by atoms with Crippen molar-refractivity contribution in [1.29, 1.82) is 0 Å². The topological polar surface area (TPSA) is 0 Å². The molecule has 0 nitrogen and oxygen atoms in total. The van der Waals surface area contributed by atoms with Crippen molar-refractivity contribution in [2.75, 3.05) is 0 Å². The van der Waals surface area contributed by atoms with Crippen LogP contribution in [0.1, 0.15) is 78.1 Å². The number of aryl methyl sites for hydroxylation is 5. The summed E-state index contributed by atoms with van der Waals surface area (Å²) in [5.41, 5.74) is 19.9. The molecular formula is C41H47Cl2SiZr. The third-order valence-corrected chi connectivity index (χ3v) is 62.8. The fraction of sp³-hybridized carbons (Fsp3) is 0.317. The van der Waals surface area contributed by atoms with Gasteiger partial charge in [-0.25, -0.2) is 0 Å². The summed E-state index contributed by atoms with van der Waals surface area (Å²) in [6.07, 6.45) is 4.93. The SMILES string of the molecule is CC1=Cc2c(-c3ccc(C)cc3C)ccc(C)c2[CH]1[Zr]([Cl])([Cl])([CH]1C(C(C)C)=Cc2c(-c3ccc(C)cc3C)cccc21)[SiH](C)C. The van der Waals surface area contributed by atoms with Gasteiger partial charge in [0.15, 0.2) is 0 Å². The van der Waals surface area contributed by atoms with E-state index >= 15 is 0 Å². The van der Waals surface area contributed by atoms with E-state index in [2.05, 4.69) is 147 Å². The molecule has 2 aliphatic rings. The summed E-state index contributed by atoms with van der Waals surface area (Å²) in [6.45, 7) is 23.0. The first kappa shape index (κ1) is 33.0.